The molecule has 0 radical (unpaired) electrons. The second kappa shape index (κ2) is 10.7. The largest absolute Gasteiger partial charge is 0.353 e. The van der Waals surface area contributed by atoms with Crippen LogP contribution in [0.15, 0.2) is 64.5 Å². The molecule has 1 fully saturated rings. The van der Waals surface area contributed by atoms with Gasteiger partial charge in [-0.1, -0.05) is 80.8 Å². The number of benzene rings is 2. The van der Waals surface area contributed by atoms with Crippen LogP contribution in [-0.4, -0.2) is 31.8 Å². The molecule has 6 nitrogen and oxygen atoms in total. The highest BCUT2D eigenvalue weighted by Crippen LogP contribution is 2.29. The number of aromatic nitrogens is 3. The molecule has 2 aromatic carbocycles. The fourth-order valence-corrected chi connectivity index (χ4v) is 5.87. The lowest BCUT2D eigenvalue weighted by Gasteiger charge is -2.22. The third kappa shape index (κ3) is 4.87. The molecule has 2 heterocycles. The van der Waals surface area contributed by atoms with Gasteiger partial charge in [0.2, 0.25) is 5.91 Å². The molecule has 182 valence electrons. The van der Waals surface area contributed by atoms with E-state index in [1.165, 1.54) is 31.0 Å². The molecule has 1 N–H and O–H groups in total. The van der Waals surface area contributed by atoms with Gasteiger partial charge < -0.3 is 9.88 Å². The average molecular weight is 489 g/mol. The zero-order valence-corrected chi connectivity index (χ0v) is 21.0. The summed E-state index contributed by atoms with van der Waals surface area (Å²) in [4.78, 5) is 31.8. The topological polar surface area (TPSA) is 68.9 Å². The van der Waals surface area contributed by atoms with Gasteiger partial charge in [0.15, 0.2) is 5.16 Å². The van der Waals surface area contributed by atoms with Crippen LogP contribution < -0.4 is 10.9 Å². The molecular formula is C28H32N4O2S. The number of aryl methyl sites for hydroxylation is 1. The van der Waals surface area contributed by atoms with Gasteiger partial charge in [-0.15, -0.1) is 0 Å². The summed E-state index contributed by atoms with van der Waals surface area (Å²) in [6, 6.07) is 18.0. The first kappa shape index (κ1) is 23.7. The minimum Gasteiger partial charge on any atom is -0.353 e. The van der Waals surface area contributed by atoms with Crippen molar-refractivity contribution in [3.05, 3.63) is 65.0 Å². The van der Waals surface area contributed by atoms with E-state index in [0.29, 0.717) is 16.2 Å². The van der Waals surface area contributed by atoms with Crippen LogP contribution in [0.1, 0.15) is 51.9 Å². The Balaban J connectivity index is 1.59. The summed E-state index contributed by atoms with van der Waals surface area (Å²) in [7, 11) is 0. The third-order valence-electron chi connectivity index (χ3n) is 6.80. The Bertz CT molecular complexity index is 1390. The first-order chi connectivity index (χ1) is 17.2. The number of hydrogen-bond donors (Lipinski definition) is 1. The van der Waals surface area contributed by atoms with E-state index in [9.17, 15) is 9.59 Å². The van der Waals surface area contributed by atoms with Gasteiger partial charge in [0.25, 0.3) is 5.56 Å². The first-order valence-electron chi connectivity index (χ1n) is 12.7. The van der Waals surface area contributed by atoms with Crippen LogP contribution in [0.3, 0.4) is 0 Å². The van der Waals surface area contributed by atoms with E-state index in [4.69, 9.17) is 4.98 Å². The smallest absolute Gasteiger partial charge is 0.283 e. The van der Waals surface area contributed by atoms with Gasteiger partial charge in [-0.2, -0.15) is 0 Å². The number of hydrogen-bond acceptors (Lipinski definition) is 4. The number of amides is 1. The number of nitrogens with one attached hydrogen (secondary N) is 1. The quantitative estimate of drug-likeness (QED) is 0.256. The summed E-state index contributed by atoms with van der Waals surface area (Å²) in [6.07, 6.45) is 7.71. The Hall–Kier alpha value is -3.06. The molecule has 1 saturated carbocycles. The fourth-order valence-electron chi connectivity index (χ4n) is 5.05. The van der Waals surface area contributed by atoms with Crippen LogP contribution in [0.5, 0.6) is 0 Å². The van der Waals surface area contributed by atoms with Crippen molar-refractivity contribution in [2.24, 2.45) is 0 Å². The Labute approximate surface area is 209 Å². The molecule has 5 rings (SSSR count). The zero-order chi connectivity index (χ0) is 24.2. The number of nitrogens with zero attached hydrogens (tertiary/aromatic N) is 3. The number of fused-ring (bicyclic) bond motifs is 3. The molecule has 35 heavy (non-hydrogen) atoms. The summed E-state index contributed by atoms with van der Waals surface area (Å²) < 4.78 is 3.79. The molecule has 0 aliphatic heterocycles. The second-order valence-electron chi connectivity index (χ2n) is 9.28. The average Bonchev–Trinajstić information content (AvgIpc) is 3.21. The van der Waals surface area contributed by atoms with E-state index >= 15 is 0 Å². The maximum absolute atomic E-state index is 14.1. The lowest BCUT2D eigenvalue weighted by Crippen LogP contribution is -2.37. The van der Waals surface area contributed by atoms with Gasteiger partial charge in [-0.05, 0) is 37.5 Å². The highest BCUT2D eigenvalue weighted by Gasteiger charge is 2.22. The van der Waals surface area contributed by atoms with E-state index in [1.54, 1.807) is 4.57 Å². The van der Waals surface area contributed by atoms with Crippen LogP contribution in [0.2, 0.25) is 0 Å². The number of para-hydroxylation sites is 2. The molecule has 7 heteroatoms. The van der Waals surface area contributed by atoms with Gasteiger partial charge in [0, 0.05) is 18.0 Å². The lowest BCUT2D eigenvalue weighted by molar-refractivity contribution is -0.119. The minimum absolute atomic E-state index is 0.00114. The molecule has 0 bridgehead atoms. The van der Waals surface area contributed by atoms with Crippen molar-refractivity contribution in [1.82, 2.24) is 19.4 Å². The summed E-state index contributed by atoms with van der Waals surface area (Å²) in [5.74, 6) is 0.233. The van der Waals surface area contributed by atoms with E-state index in [0.717, 1.165) is 48.8 Å². The predicted octanol–water partition coefficient (Wildman–Crippen LogP) is 5.68. The second-order valence-corrected chi connectivity index (χ2v) is 10.2. The summed E-state index contributed by atoms with van der Waals surface area (Å²) in [5, 5.41) is 4.70. The number of carbonyl (C=O) groups excluding carboxylic acids is 1. The van der Waals surface area contributed by atoms with Crippen molar-refractivity contribution < 1.29 is 4.79 Å². The Morgan fingerprint density at radius 3 is 2.57 bits per heavy atom. The molecule has 0 spiro atoms. The molecule has 2 aromatic heterocycles. The van der Waals surface area contributed by atoms with Gasteiger partial charge in [0.05, 0.1) is 17.0 Å². The zero-order valence-electron chi connectivity index (χ0n) is 20.2. The number of carbonyl (C=O) groups is 1. The molecule has 1 aliphatic rings. The number of unbranched alkanes of at least 4 members (excludes halogenated alkanes) is 1. The molecule has 1 aliphatic carbocycles. The van der Waals surface area contributed by atoms with E-state index in [-0.39, 0.29) is 23.3 Å². The highest BCUT2D eigenvalue weighted by atomic mass is 32.2. The molecule has 1 amide bonds. The van der Waals surface area contributed by atoms with E-state index in [1.807, 2.05) is 48.5 Å². The Kier molecular flexibility index (Phi) is 7.23. The normalized spacial score (nSPS) is 14.5. The number of rotatable bonds is 8. The summed E-state index contributed by atoms with van der Waals surface area (Å²) in [6.45, 7) is 2.92. The van der Waals surface area contributed by atoms with Crippen molar-refractivity contribution in [2.75, 3.05) is 5.75 Å². The fraction of sp³-hybridized carbons (Fsp3) is 0.393. The SMILES string of the molecule is CCCCn1c2ccccc2c2nc(SCC(=O)NC3CCCCC3)n(-c3ccccc3)c(=O)c21. The third-order valence-corrected chi connectivity index (χ3v) is 7.74. The predicted molar refractivity (Wildman–Crippen MR) is 143 cm³/mol. The van der Waals surface area contributed by atoms with Crippen LogP contribution in [0, 0.1) is 0 Å². The standard InChI is InChI=1S/C28H32N4O2S/c1-2-3-18-31-23-17-11-10-16-22(23)25-26(31)27(34)32(21-14-8-5-9-15-21)28(30-25)35-19-24(33)29-20-12-6-4-7-13-20/h5,8-11,14-17,20H,2-4,6-7,12-13,18-19H2,1H3,(H,29,33). The monoisotopic (exact) mass is 488 g/mol. The number of thioether (sulfide) groups is 1. The van der Waals surface area contributed by atoms with Crippen molar-refractivity contribution in [1.29, 1.82) is 0 Å². The Morgan fingerprint density at radius 1 is 1.06 bits per heavy atom. The maximum atomic E-state index is 14.1. The molecular weight excluding hydrogens is 456 g/mol. The van der Waals surface area contributed by atoms with Crippen LogP contribution in [0.4, 0.5) is 0 Å². The van der Waals surface area contributed by atoms with Crippen molar-refractivity contribution in [3.63, 3.8) is 0 Å². The van der Waals surface area contributed by atoms with E-state index < -0.39 is 0 Å². The van der Waals surface area contributed by atoms with Gasteiger partial charge >= 0.3 is 0 Å². The lowest BCUT2D eigenvalue weighted by atomic mass is 9.95. The van der Waals surface area contributed by atoms with Crippen molar-refractivity contribution in [2.45, 2.75) is 69.6 Å². The molecule has 4 aromatic rings. The van der Waals surface area contributed by atoms with E-state index in [2.05, 4.69) is 22.9 Å². The first-order valence-corrected chi connectivity index (χ1v) is 13.7. The van der Waals surface area contributed by atoms with Crippen molar-refractivity contribution >= 4 is 39.6 Å². The molecule has 0 unspecified atom stereocenters. The van der Waals surface area contributed by atoms with Crippen LogP contribution in [-0.2, 0) is 11.3 Å². The maximum Gasteiger partial charge on any atom is 0.283 e. The van der Waals surface area contributed by atoms with Crippen LogP contribution in [0.25, 0.3) is 27.6 Å². The summed E-state index contributed by atoms with van der Waals surface area (Å²) >= 11 is 1.33. The van der Waals surface area contributed by atoms with Crippen molar-refractivity contribution in [3.8, 4) is 5.69 Å². The molecule has 0 saturated heterocycles. The van der Waals surface area contributed by atoms with Crippen LogP contribution >= 0.6 is 11.8 Å². The van der Waals surface area contributed by atoms with Gasteiger partial charge in [0.1, 0.15) is 11.0 Å². The minimum atomic E-state index is -0.0938. The van der Waals surface area contributed by atoms with Gasteiger partial charge in [-0.25, -0.2) is 4.98 Å². The Morgan fingerprint density at radius 2 is 1.80 bits per heavy atom. The summed E-state index contributed by atoms with van der Waals surface area (Å²) in [5.41, 5.74) is 3.03. The highest BCUT2D eigenvalue weighted by molar-refractivity contribution is 7.99. The molecule has 0 atom stereocenters. The van der Waals surface area contributed by atoms with Gasteiger partial charge in [-0.3, -0.25) is 14.2 Å².